The molecule has 0 atom stereocenters. The van der Waals surface area contributed by atoms with Crippen molar-refractivity contribution in [1.82, 2.24) is 15.3 Å². The molecule has 128 valence electrons. The number of nitrogens with zero attached hydrogens (tertiary/aromatic N) is 2. The van der Waals surface area contributed by atoms with Crippen LogP contribution in [-0.2, 0) is 30.6 Å². The summed E-state index contributed by atoms with van der Waals surface area (Å²) >= 11 is 1.57. The Morgan fingerprint density at radius 2 is 1.92 bits per heavy atom. The number of carbonyl (C=O) groups is 1. The maximum Gasteiger partial charge on any atom is 0.226 e. The molecule has 3 rings (SSSR count). The molecule has 0 unspecified atom stereocenters. The van der Waals surface area contributed by atoms with E-state index in [2.05, 4.69) is 15.3 Å². The first-order chi connectivity index (χ1) is 12.2. The van der Waals surface area contributed by atoms with Crippen LogP contribution in [0.3, 0.4) is 0 Å². The predicted octanol–water partition coefficient (Wildman–Crippen LogP) is 3.32. The van der Waals surface area contributed by atoms with Crippen LogP contribution >= 0.6 is 11.3 Å². The number of halogens is 1. The highest BCUT2D eigenvalue weighted by Gasteiger charge is 2.08. The van der Waals surface area contributed by atoms with Crippen LogP contribution < -0.4 is 5.32 Å². The smallest absolute Gasteiger partial charge is 0.226 e. The number of aromatic nitrogens is 2. The summed E-state index contributed by atoms with van der Waals surface area (Å²) in [5.41, 5.74) is 2.68. The summed E-state index contributed by atoms with van der Waals surface area (Å²) in [6.45, 7) is 0.385. The molecule has 0 aliphatic heterocycles. The molecule has 0 radical (unpaired) electrons. The highest BCUT2D eigenvalue weighted by molar-refractivity contribution is 7.09. The molecular formula is C19H18FN3OS. The zero-order valence-electron chi connectivity index (χ0n) is 13.6. The van der Waals surface area contributed by atoms with Gasteiger partial charge in [-0.05, 0) is 36.2 Å². The number of carbonyl (C=O) groups excluding carboxylic acids is 1. The van der Waals surface area contributed by atoms with Gasteiger partial charge in [0.2, 0.25) is 5.91 Å². The summed E-state index contributed by atoms with van der Waals surface area (Å²) < 4.78 is 12.8. The van der Waals surface area contributed by atoms with Crippen molar-refractivity contribution in [3.8, 4) is 0 Å². The van der Waals surface area contributed by atoms with Crippen molar-refractivity contribution >= 4 is 17.2 Å². The molecule has 3 aromatic rings. The van der Waals surface area contributed by atoms with Gasteiger partial charge in [-0.2, -0.15) is 0 Å². The number of nitrogens with one attached hydrogen (secondary N) is 1. The first-order valence-electron chi connectivity index (χ1n) is 8.03. The van der Waals surface area contributed by atoms with Crippen molar-refractivity contribution < 1.29 is 9.18 Å². The third-order valence-corrected chi connectivity index (χ3v) is 4.62. The third-order valence-electron chi connectivity index (χ3n) is 3.67. The maximum absolute atomic E-state index is 12.8. The van der Waals surface area contributed by atoms with E-state index < -0.39 is 0 Å². The van der Waals surface area contributed by atoms with Gasteiger partial charge in [0.05, 0.1) is 17.1 Å². The normalized spacial score (nSPS) is 10.6. The molecule has 0 fully saturated rings. The van der Waals surface area contributed by atoms with E-state index in [1.165, 1.54) is 12.1 Å². The monoisotopic (exact) mass is 355 g/mol. The van der Waals surface area contributed by atoms with Crippen molar-refractivity contribution in [1.29, 1.82) is 0 Å². The van der Waals surface area contributed by atoms with Crippen molar-refractivity contribution in [2.45, 2.75) is 25.8 Å². The lowest BCUT2D eigenvalue weighted by Crippen LogP contribution is -2.24. The second-order valence-electron chi connectivity index (χ2n) is 5.63. The lowest BCUT2D eigenvalue weighted by molar-refractivity contribution is -0.120. The van der Waals surface area contributed by atoms with Crippen molar-refractivity contribution in [3.05, 3.63) is 81.8 Å². The van der Waals surface area contributed by atoms with E-state index >= 15 is 0 Å². The van der Waals surface area contributed by atoms with E-state index in [0.717, 1.165) is 34.8 Å². The number of amides is 1. The highest BCUT2D eigenvalue weighted by Crippen LogP contribution is 2.13. The molecule has 4 nitrogen and oxygen atoms in total. The molecule has 0 saturated carbocycles. The average molecular weight is 355 g/mol. The van der Waals surface area contributed by atoms with Gasteiger partial charge in [-0.3, -0.25) is 9.78 Å². The number of rotatable bonds is 7. The number of hydrogen-bond acceptors (Lipinski definition) is 4. The number of aryl methyl sites for hydroxylation is 2. The lowest BCUT2D eigenvalue weighted by atomic mass is 10.2. The second kappa shape index (κ2) is 8.48. The van der Waals surface area contributed by atoms with Gasteiger partial charge in [0.25, 0.3) is 0 Å². The van der Waals surface area contributed by atoms with Gasteiger partial charge in [-0.25, -0.2) is 9.37 Å². The Kier molecular flexibility index (Phi) is 5.85. The minimum Gasteiger partial charge on any atom is -0.352 e. The Morgan fingerprint density at radius 3 is 2.68 bits per heavy atom. The van der Waals surface area contributed by atoms with Crippen LogP contribution in [0.5, 0.6) is 0 Å². The summed E-state index contributed by atoms with van der Waals surface area (Å²) in [6, 6.07) is 12.0. The number of thiazole rings is 1. The molecule has 25 heavy (non-hydrogen) atoms. The highest BCUT2D eigenvalue weighted by atomic mass is 32.1. The Bertz CT molecular complexity index is 818. The van der Waals surface area contributed by atoms with Gasteiger partial charge in [-0.1, -0.05) is 18.2 Å². The van der Waals surface area contributed by atoms with E-state index in [9.17, 15) is 9.18 Å². The zero-order valence-corrected chi connectivity index (χ0v) is 14.4. The molecule has 0 saturated heterocycles. The SMILES string of the molecule is O=C(Cc1csc(CCc2ccccn2)n1)NCc1ccc(F)cc1. The van der Waals surface area contributed by atoms with E-state index in [0.29, 0.717) is 6.54 Å². The van der Waals surface area contributed by atoms with Crippen LogP contribution in [0.4, 0.5) is 4.39 Å². The van der Waals surface area contributed by atoms with E-state index in [1.807, 2.05) is 23.6 Å². The summed E-state index contributed by atoms with van der Waals surface area (Å²) in [5.74, 6) is -0.373. The molecule has 1 amide bonds. The largest absolute Gasteiger partial charge is 0.352 e. The molecule has 6 heteroatoms. The Balaban J connectivity index is 1.45. The maximum atomic E-state index is 12.8. The van der Waals surface area contributed by atoms with E-state index in [4.69, 9.17) is 0 Å². The number of hydrogen-bond donors (Lipinski definition) is 1. The van der Waals surface area contributed by atoms with Gasteiger partial charge in [-0.15, -0.1) is 11.3 Å². The molecule has 0 aliphatic carbocycles. The van der Waals surface area contributed by atoms with Crippen LogP contribution in [0, 0.1) is 5.82 Å². The minimum atomic E-state index is -0.282. The zero-order chi connectivity index (χ0) is 17.5. The summed E-state index contributed by atoms with van der Waals surface area (Å²) in [7, 11) is 0. The van der Waals surface area contributed by atoms with Gasteiger partial charge < -0.3 is 5.32 Å². The first kappa shape index (κ1) is 17.2. The van der Waals surface area contributed by atoms with Crippen LogP contribution in [0.25, 0.3) is 0 Å². The third kappa shape index (κ3) is 5.46. The standard InChI is InChI=1S/C19H18FN3OS/c20-15-6-4-14(5-7-15)12-22-18(24)11-17-13-25-19(23-17)9-8-16-3-1-2-10-21-16/h1-7,10,13H,8-9,11-12H2,(H,22,24). The molecule has 2 heterocycles. The molecule has 0 bridgehead atoms. The predicted molar refractivity (Wildman–Crippen MR) is 95.7 cm³/mol. The fraction of sp³-hybridized carbons (Fsp3) is 0.211. The lowest BCUT2D eigenvalue weighted by Gasteiger charge is -2.04. The van der Waals surface area contributed by atoms with Crippen molar-refractivity contribution in [2.75, 3.05) is 0 Å². The summed E-state index contributed by atoms with van der Waals surface area (Å²) in [4.78, 5) is 20.8. The molecule has 1 N–H and O–H groups in total. The Labute approximate surface area is 149 Å². The molecular weight excluding hydrogens is 337 g/mol. The van der Waals surface area contributed by atoms with Gasteiger partial charge >= 0.3 is 0 Å². The summed E-state index contributed by atoms with van der Waals surface area (Å²) in [6.07, 6.45) is 3.69. The van der Waals surface area contributed by atoms with Gasteiger partial charge in [0.1, 0.15) is 5.82 Å². The topological polar surface area (TPSA) is 54.9 Å². The second-order valence-corrected chi connectivity index (χ2v) is 6.58. The molecule has 0 spiro atoms. The average Bonchev–Trinajstić information content (AvgIpc) is 3.08. The Hall–Kier alpha value is -2.60. The van der Waals surface area contributed by atoms with Crippen molar-refractivity contribution in [2.24, 2.45) is 0 Å². The van der Waals surface area contributed by atoms with Crippen LogP contribution in [0.2, 0.25) is 0 Å². The minimum absolute atomic E-state index is 0.0918. The molecule has 2 aromatic heterocycles. The van der Waals surface area contributed by atoms with Crippen molar-refractivity contribution in [3.63, 3.8) is 0 Å². The van der Waals surface area contributed by atoms with Gasteiger partial charge in [0.15, 0.2) is 0 Å². The van der Waals surface area contributed by atoms with E-state index in [-0.39, 0.29) is 18.1 Å². The van der Waals surface area contributed by atoms with E-state index in [1.54, 1.807) is 29.7 Å². The molecule has 0 aliphatic rings. The summed E-state index contributed by atoms with van der Waals surface area (Å²) in [5, 5.41) is 5.76. The fourth-order valence-corrected chi connectivity index (χ4v) is 3.15. The van der Waals surface area contributed by atoms with Gasteiger partial charge in [0, 0.05) is 30.2 Å². The quantitative estimate of drug-likeness (QED) is 0.707. The first-order valence-corrected chi connectivity index (χ1v) is 8.91. The Morgan fingerprint density at radius 1 is 1.08 bits per heavy atom. The number of benzene rings is 1. The van der Waals surface area contributed by atoms with Crippen LogP contribution in [-0.4, -0.2) is 15.9 Å². The fourth-order valence-electron chi connectivity index (χ4n) is 2.36. The van der Waals surface area contributed by atoms with Crippen LogP contribution in [0.1, 0.15) is 22.0 Å². The molecule has 1 aromatic carbocycles. The number of pyridine rings is 1. The van der Waals surface area contributed by atoms with Crippen LogP contribution in [0.15, 0.2) is 54.0 Å².